The van der Waals surface area contributed by atoms with Crippen molar-refractivity contribution in [2.75, 3.05) is 18.5 Å². The number of anilines is 1. The molecule has 26 heavy (non-hydrogen) atoms. The van der Waals surface area contributed by atoms with Crippen LogP contribution >= 0.6 is 0 Å². The van der Waals surface area contributed by atoms with Gasteiger partial charge < -0.3 is 15.0 Å². The number of hydrogen-bond donors (Lipinski definition) is 1. The van der Waals surface area contributed by atoms with Gasteiger partial charge in [0.05, 0.1) is 12.6 Å². The van der Waals surface area contributed by atoms with E-state index < -0.39 is 0 Å². The van der Waals surface area contributed by atoms with Gasteiger partial charge in [-0.05, 0) is 69.4 Å². The van der Waals surface area contributed by atoms with Gasteiger partial charge in [0.1, 0.15) is 5.75 Å². The van der Waals surface area contributed by atoms with Gasteiger partial charge in [0.15, 0.2) is 0 Å². The van der Waals surface area contributed by atoms with E-state index in [1.54, 1.807) is 0 Å². The van der Waals surface area contributed by atoms with Crippen molar-refractivity contribution < 1.29 is 9.53 Å². The second kappa shape index (κ2) is 7.81. The molecule has 0 saturated carbocycles. The van der Waals surface area contributed by atoms with Crippen LogP contribution in [0.15, 0.2) is 36.4 Å². The van der Waals surface area contributed by atoms with E-state index in [2.05, 4.69) is 36.5 Å². The van der Waals surface area contributed by atoms with Gasteiger partial charge in [-0.25, -0.2) is 4.79 Å². The maximum Gasteiger partial charge on any atom is 0.322 e. The molecule has 4 heteroatoms. The van der Waals surface area contributed by atoms with E-state index >= 15 is 0 Å². The first kappa shape index (κ1) is 18.3. The van der Waals surface area contributed by atoms with Crippen LogP contribution in [0, 0.1) is 20.8 Å². The zero-order valence-electron chi connectivity index (χ0n) is 16.1. The molecule has 0 bridgehead atoms. The van der Waals surface area contributed by atoms with E-state index in [1.807, 2.05) is 37.8 Å². The van der Waals surface area contributed by atoms with Crippen molar-refractivity contribution in [3.05, 3.63) is 58.7 Å². The van der Waals surface area contributed by atoms with Gasteiger partial charge in [-0.1, -0.05) is 29.8 Å². The number of likely N-dealkylation sites (tertiary alicyclic amines) is 1. The summed E-state index contributed by atoms with van der Waals surface area (Å²) in [6.07, 6.45) is 2.02. The van der Waals surface area contributed by atoms with Gasteiger partial charge in [0, 0.05) is 12.2 Å². The number of aryl methyl sites for hydroxylation is 3. The Labute approximate surface area is 156 Å². The summed E-state index contributed by atoms with van der Waals surface area (Å²) in [5, 5.41) is 3.14. The second-order valence-corrected chi connectivity index (χ2v) is 7.06. The van der Waals surface area contributed by atoms with E-state index in [1.165, 1.54) is 11.1 Å². The molecule has 0 radical (unpaired) electrons. The summed E-state index contributed by atoms with van der Waals surface area (Å²) >= 11 is 0. The molecule has 0 aliphatic carbocycles. The lowest BCUT2D eigenvalue weighted by Gasteiger charge is -2.26. The number of rotatable bonds is 4. The van der Waals surface area contributed by atoms with Gasteiger partial charge in [0.2, 0.25) is 0 Å². The summed E-state index contributed by atoms with van der Waals surface area (Å²) < 4.78 is 5.52. The minimum absolute atomic E-state index is 0.0172. The van der Waals surface area contributed by atoms with Crippen molar-refractivity contribution in [2.45, 2.75) is 46.6 Å². The average Bonchev–Trinajstić information content (AvgIpc) is 3.08. The Morgan fingerprint density at radius 3 is 2.42 bits per heavy atom. The van der Waals surface area contributed by atoms with Gasteiger partial charge >= 0.3 is 6.03 Å². The number of urea groups is 1. The van der Waals surface area contributed by atoms with Crippen LogP contribution in [0.1, 0.15) is 48.1 Å². The maximum atomic E-state index is 12.9. The van der Waals surface area contributed by atoms with Crippen molar-refractivity contribution in [1.82, 2.24) is 4.90 Å². The number of carbonyl (C=O) groups excluding carboxylic acids is 1. The Balaban J connectivity index is 1.76. The zero-order chi connectivity index (χ0) is 18.7. The van der Waals surface area contributed by atoms with Crippen molar-refractivity contribution in [2.24, 2.45) is 0 Å². The lowest BCUT2D eigenvalue weighted by molar-refractivity contribution is 0.207. The van der Waals surface area contributed by atoms with Crippen molar-refractivity contribution in [3.8, 4) is 5.75 Å². The summed E-state index contributed by atoms with van der Waals surface area (Å²) in [5.41, 5.74) is 5.52. The third-order valence-corrected chi connectivity index (χ3v) is 5.00. The minimum atomic E-state index is -0.0172. The van der Waals surface area contributed by atoms with Crippen molar-refractivity contribution in [3.63, 3.8) is 0 Å². The monoisotopic (exact) mass is 352 g/mol. The molecule has 0 aromatic heterocycles. The number of amides is 2. The third kappa shape index (κ3) is 3.85. The summed E-state index contributed by atoms with van der Waals surface area (Å²) in [7, 11) is 0. The molecular weight excluding hydrogens is 324 g/mol. The zero-order valence-corrected chi connectivity index (χ0v) is 16.1. The van der Waals surface area contributed by atoms with Crippen LogP contribution in [-0.4, -0.2) is 24.1 Å². The van der Waals surface area contributed by atoms with E-state index in [4.69, 9.17) is 4.74 Å². The molecule has 1 fully saturated rings. The summed E-state index contributed by atoms with van der Waals surface area (Å²) in [4.78, 5) is 14.9. The molecular formula is C22H28N2O2. The van der Waals surface area contributed by atoms with E-state index in [9.17, 15) is 4.79 Å². The molecule has 1 saturated heterocycles. The molecule has 1 N–H and O–H groups in total. The summed E-state index contributed by atoms with van der Waals surface area (Å²) in [5.74, 6) is 0.871. The Kier molecular flexibility index (Phi) is 5.50. The lowest BCUT2D eigenvalue weighted by Crippen LogP contribution is -2.34. The van der Waals surface area contributed by atoms with Gasteiger partial charge in [-0.3, -0.25) is 0 Å². The largest absolute Gasteiger partial charge is 0.494 e. The first-order chi connectivity index (χ1) is 12.5. The summed E-state index contributed by atoms with van der Waals surface area (Å²) in [6.45, 7) is 9.59. The normalized spacial score (nSPS) is 16.6. The van der Waals surface area contributed by atoms with Crippen LogP contribution in [0.25, 0.3) is 0 Å². The summed E-state index contributed by atoms with van der Waals surface area (Å²) in [6, 6.07) is 12.4. The number of hydrogen-bond acceptors (Lipinski definition) is 2. The number of carbonyl (C=O) groups is 1. The highest BCUT2D eigenvalue weighted by atomic mass is 16.5. The van der Waals surface area contributed by atoms with Gasteiger partial charge in [-0.2, -0.15) is 0 Å². The number of nitrogens with one attached hydrogen (secondary N) is 1. The molecule has 0 spiro atoms. The van der Waals surface area contributed by atoms with Crippen LogP contribution in [0.4, 0.5) is 10.5 Å². The Hall–Kier alpha value is -2.49. The topological polar surface area (TPSA) is 41.6 Å². The molecule has 1 aliphatic heterocycles. The minimum Gasteiger partial charge on any atom is -0.494 e. The fraction of sp³-hybridized carbons (Fsp3) is 0.409. The molecule has 1 aliphatic rings. The average molecular weight is 352 g/mol. The molecule has 1 heterocycles. The van der Waals surface area contributed by atoms with Gasteiger partial charge in [-0.15, -0.1) is 0 Å². The Morgan fingerprint density at radius 1 is 1.15 bits per heavy atom. The fourth-order valence-electron chi connectivity index (χ4n) is 3.87. The molecule has 1 unspecified atom stereocenters. The van der Waals surface area contributed by atoms with Gasteiger partial charge in [0.25, 0.3) is 0 Å². The molecule has 2 aromatic rings. The molecule has 138 valence electrons. The fourth-order valence-corrected chi connectivity index (χ4v) is 3.87. The standard InChI is InChI=1S/C22H28N2O2/c1-5-26-19-10-8-18(9-11-19)20-7-6-12-24(20)22(25)23-21-16(3)13-15(2)14-17(21)4/h8-11,13-14,20H,5-7,12H2,1-4H3,(H,23,25). The van der Waals surface area contributed by atoms with E-state index in [0.717, 1.165) is 42.0 Å². The van der Waals surface area contributed by atoms with Crippen LogP contribution in [0.2, 0.25) is 0 Å². The third-order valence-electron chi connectivity index (χ3n) is 5.00. The molecule has 3 rings (SSSR count). The highest BCUT2D eigenvalue weighted by Crippen LogP contribution is 2.34. The molecule has 2 amide bonds. The first-order valence-corrected chi connectivity index (χ1v) is 9.38. The number of ether oxygens (including phenoxy) is 1. The van der Waals surface area contributed by atoms with Crippen molar-refractivity contribution in [1.29, 1.82) is 0 Å². The Bertz CT molecular complexity index is 760. The Morgan fingerprint density at radius 2 is 1.81 bits per heavy atom. The first-order valence-electron chi connectivity index (χ1n) is 9.38. The smallest absolute Gasteiger partial charge is 0.322 e. The lowest BCUT2D eigenvalue weighted by atomic mass is 10.0. The maximum absolute atomic E-state index is 12.9. The predicted octanol–water partition coefficient (Wildman–Crippen LogP) is 5.38. The van der Waals surface area contributed by atoms with Crippen LogP contribution in [-0.2, 0) is 0 Å². The predicted molar refractivity (Wildman–Crippen MR) is 106 cm³/mol. The van der Waals surface area contributed by atoms with E-state index in [-0.39, 0.29) is 12.1 Å². The highest BCUT2D eigenvalue weighted by molar-refractivity contribution is 5.91. The van der Waals surface area contributed by atoms with Crippen LogP contribution in [0.5, 0.6) is 5.75 Å². The van der Waals surface area contributed by atoms with E-state index in [0.29, 0.717) is 6.61 Å². The molecule has 4 nitrogen and oxygen atoms in total. The molecule has 1 atom stereocenters. The molecule has 2 aromatic carbocycles. The van der Waals surface area contributed by atoms with Crippen LogP contribution in [0.3, 0.4) is 0 Å². The second-order valence-electron chi connectivity index (χ2n) is 7.06. The highest BCUT2D eigenvalue weighted by Gasteiger charge is 2.30. The SMILES string of the molecule is CCOc1ccc(C2CCCN2C(=O)Nc2c(C)cc(C)cc2C)cc1. The quantitative estimate of drug-likeness (QED) is 0.802. The van der Waals surface area contributed by atoms with Crippen LogP contribution < -0.4 is 10.1 Å². The number of nitrogens with zero attached hydrogens (tertiary/aromatic N) is 1. The van der Waals surface area contributed by atoms with Crippen molar-refractivity contribution >= 4 is 11.7 Å². The number of benzene rings is 2.